The molecular formula is C17H17ClN4O2S. The molecule has 0 aliphatic heterocycles. The molecule has 0 saturated heterocycles. The summed E-state index contributed by atoms with van der Waals surface area (Å²) in [5.41, 5.74) is 2.36. The predicted molar refractivity (Wildman–Crippen MR) is 98.3 cm³/mol. The quantitative estimate of drug-likeness (QED) is 0.699. The van der Waals surface area contributed by atoms with Crippen LogP contribution in [0.2, 0.25) is 4.34 Å². The number of hydrogen-bond donors (Lipinski definition) is 1. The van der Waals surface area contributed by atoms with Gasteiger partial charge in [-0.15, -0.1) is 11.3 Å². The fourth-order valence-corrected chi connectivity index (χ4v) is 3.43. The van der Waals surface area contributed by atoms with Gasteiger partial charge in [0.15, 0.2) is 0 Å². The van der Waals surface area contributed by atoms with Gasteiger partial charge in [-0.2, -0.15) is 4.98 Å². The number of halogens is 1. The molecular weight excluding hydrogens is 360 g/mol. The highest BCUT2D eigenvalue weighted by molar-refractivity contribution is 7.18. The molecule has 0 spiro atoms. The topological polar surface area (TPSA) is 80.9 Å². The van der Waals surface area contributed by atoms with E-state index in [2.05, 4.69) is 20.4 Å². The number of aromatic nitrogens is 3. The van der Waals surface area contributed by atoms with Crippen molar-refractivity contribution in [2.75, 3.05) is 5.32 Å². The Labute approximate surface area is 154 Å². The number of pyridine rings is 1. The zero-order valence-corrected chi connectivity index (χ0v) is 15.7. The Bertz CT molecular complexity index is 919. The van der Waals surface area contributed by atoms with Crippen molar-refractivity contribution in [3.63, 3.8) is 0 Å². The van der Waals surface area contributed by atoms with E-state index >= 15 is 0 Å². The molecule has 0 fully saturated rings. The summed E-state index contributed by atoms with van der Waals surface area (Å²) >= 11 is 7.12. The van der Waals surface area contributed by atoms with E-state index in [0.29, 0.717) is 38.7 Å². The molecule has 8 heteroatoms. The zero-order valence-electron chi connectivity index (χ0n) is 14.1. The van der Waals surface area contributed by atoms with Gasteiger partial charge in [0.1, 0.15) is 5.82 Å². The first-order valence-corrected chi connectivity index (χ1v) is 9.05. The van der Waals surface area contributed by atoms with Crippen LogP contribution in [0.25, 0.3) is 11.4 Å². The second-order valence-corrected chi connectivity index (χ2v) is 7.34. The SMILES string of the molecule is CCCc1nc(-c2c(C)cc(C)nc2NC(=O)c2ccc(Cl)s2)no1. The van der Waals surface area contributed by atoms with Crippen molar-refractivity contribution in [2.24, 2.45) is 0 Å². The van der Waals surface area contributed by atoms with Crippen molar-refractivity contribution in [1.29, 1.82) is 0 Å². The van der Waals surface area contributed by atoms with Gasteiger partial charge in [-0.1, -0.05) is 23.7 Å². The van der Waals surface area contributed by atoms with Gasteiger partial charge < -0.3 is 9.84 Å². The number of thiophene rings is 1. The summed E-state index contributed by atoms with van der Waals surface area (Å²) in [7, 11) is 0. The van der Waals surface area contributed by atoms with E-state index in [1.807, 2.05) is 26.8 Å². The van der Waals surface area contributed by atoms with E-state index in [0.717, 1.165) is 17.7 Å². The first-order chi connectivity index (χ1) is 12.0. The number of rotatable bonds is 5. The van der Waals surface area contributed by atoms with Crippen LogP contribution in [-0.4, -0.2) is 21.0 Å². The molecule has 1 N–H and O–H groups in total. The minimum atomic E-state index is -0.270. The van der Waals surface area contributed by atoms with E-state index < -0.39 is 0 Å². The second-order valence-electron chi connectivity index (χ2n) is 5.62. The molecule has 3 aromatic heterocycles. The number of hydrogen-bond acceptors (Lipinski definition) is 6. The molecule has 3 rings (SSSR count). The Morgan fingerprint density at radius 1 is 1.32 bits per heavy atom. The molecule has 0 radical (unpaired) electrons. The number of amides is 1. The highest BCUT2D eigenvalue weighted by atomic mass is 35.5. The minimum Gasteiger partial charge on any atom is -0.339 e. The lowest BCUT2D eigenvalue weighted by Gasteiger charge is -2.11. The third-order valence-electron chi connectivity index (χ3n) is 3.53. The first kappa shape index (κ1) is 17.6. The maximum atomic E-state index is 12.5. The number of anilines is 1. The molecule has 3 heterocycles. The summed E-state index contributed by atoms with van der Waals surface area (Å²) in [6.45, 7) is 5.84. The van der Waals surface area contributed by atoms with Gasteiger partial charge in [0.25, 0.3) is 5.91 Å². The molecule has 0 saturated carbocycles. The van der Waals surface area contributed by atoms with Gasteiger partial charge in [-0.3, -0.25) is 4.79 Å². The molecule has 25 heavy (non-hydrogen) atoms. The van der Waals surface area contributed by atoms with Gasteiger partial charge in [0.2, 0.25) is 11.7 Å². The van der Waals surface area contributed by atoms with Crippen LogP contribution in [0.15, 0.2) is 22.7 Å². The standard InChI is InChI=1S/C17H17ClN4O2S/c1-4-5-13-20-16(22-24-13)14-9(2)8-10(3)19-15(14)21-17(23)11-6-7-12(18)25-11/h6-8H,4-5H2,1-3H3,(H,19,21,23). The highest BCUT2D eigenvalue weighted by Crippen LogP contribution is 2.30. The van der Waals surface area contributed by atoms with Crippen LogP contribution in [0.4, 0.5) is 5.82 Å². The number of carbonyl (C=O) groups is 1. The Kier molecular flexibility index (Phi) is 5.15. The third-order valence-corrected chi connectivity index (χ3v) is 4.76. The number of nitrogens with zero attached hydrogens (tertiary/aromatic N) is 3. The van der Waals surface area contributed by atoms with Crippen molar-refractivity contribution in [3.05, 3.63) is 44.6 Å². The molecule has 0 aliphatic carbocycles. The fraction of sp³-hybridized carbons (Fsp3) is 0.294. The van der Waals surface area contributed by atoms with Crippen molar-refractivity contribution in [2.45, 2.75) is 33.6 Å². The first-order valence-electron chi connectivity index (χ1n) is 7.85. The monoisotopic (exact) mass is 376 g/mol. The Morgan fingerprint density at radius 3 is 2.80 bits per heavy atom. The maximum absolute atomic E-state index is 12.5. The second kappa shape index (κ2) is 7.33. The fourth-order valence-electron chi connectivity index (χ4n) is 2.49. The van der Waals surface area contributed by atoms with Gasteiger partial charge in [-0.25, -0.2) is 4.98 Å². The summed E-state index contributed by atoms with van der Waals surface area (Å²) in [4.78, 5) is 21.9. The summed E-state index contributed by atoms with van der Waals surface area (Å²) < 4.78 is 5.83. The molecule has 1 amide bonds. The van der Waals surface area contributed by atoms with Gasteiger partial charge in [-0.05, 0) is 44.0 Å². The normalized spacial score (nSPS) is 10.9. The van der Waals surface area contributed by atoms with E-state index in [1.165, 1.54) is 11.3 Å². The highest BCUT2D eigenvalue weighted by Gasteiger charge is 2.20. The maximum Gasteiger partial charge on any atom is 0.266 e. The van der Waals surface area contributed by atoms with Gasteiger partial charge >= 0.3 is 0 Å². The molecule has 130 valence electrons. The Morgan fingerprint density at radius 2 is 2.12 bits per heavy atom. The third kappa shape index (κ3) is 3.88. The molecule has 0 atom stereocenters. The van der Waals surface area contributed by atoms with E-state index in [4.69, 9.17) is 16.1 Å². The molecule has 0 aromatic carbocycles. The number of aryl methyl sites for hydroxylation is 3. The van der Waals surface area contributed by atoms with E-state index in [1.54, 1.807) is 12.1 Å². The lowest BCUT2D eigenvalue weighted by Crippen LogP contribution is -2.13. The van der Waals surface area contributed by atoms with Crippen LogP contribution in [0.3, 0.4) is 0 Å². The molecule has 0 unspecified atom stereocenters. The van der Waals surface area contributed by atoms with Gasteiger partial charge in [0.05, 0.1) is 14.8 Å². The zero-order chi connectivity index (χ0) is 18.0. The smallest absolute Gasteiger partial charge is 0.266 e. The largest absolute Gasteiger partial charge is 0.339 e. The number of nitrogens with one attached hydrogen (secondary N) is 1. The molecule has 0 bridgehead atoms. The van der Waals surface area contributed by atoms with Crippen LogP contribution >= 0.6 is 22.9 Å². The molecule has 3 aromatic rings. The van der Waals surface area contributed by atoms with Crippen LogP contribution in [-0.2, 0) is 6.42 Å². The van der Waals surface area contributed by atoms with Crippen molar-refractivity contribution >= 4 is 34.7 Å². The molecule has 0 aliphatic rings. The minimum absolute atomic E-state index is 0.270. The van der Waals surface area contributed by atoms with Crippen LogP contribution in [0.5, 0.6) is 0 Å². The average molecular weight is 377 g/mol. The van der Waals surface area contributed by atoms with Crippen molar-refractivity contribution in [3.8, 4) is 11.4 Å². The predicted octanol–water partition coefficient (Wildman–Crippen LogP) is 4.67. The lowest BCUT2D eigenvalue weighted by atomic mass is 10.1. The van der Waals surface area contributed by atoms with Crippen LogP contribution < -0.4 is 5.32 Å². The van der Waals surface area contributed by atoms with Gasteiger partial charge in [0, 0.05) is 12.1 Å². The van der Waals surface area contributed by atoms with Crippen LogP contribution in [0.1, 0.15) is 40.2 Å². The molecule has 6 nitrogen and oxygen atoms in total. The van der Waals surface area contributed by atoms with E-state index in [-0.39, 0.29) is 5.91 Å². The Hall–Kier alpha value is -2.25. The van der Waals surface area contributed by atoms with Crippen LogP contribution in [0, 0.1) is 13.8 Å². The Balaban J connectivity index is 1.98. The van der Waals surface area contributed by atoms with E-state index in [9.17, 15) is 4.79 Å². The van der Waals surface area contributed by atoms with Crippen molar-refractivity contribution < 1.29 is 9.32 Å². The summed E-state index contributed by atoms with van der Waals surface area (Å²) in [6.07, 6.45) is 1.62. The average Bonchev–Trinajstić information content (AvgIpc) is 3.16. The summed E-state index contributed by atoms with van der Waals surface area (Å²) in [6, 6.07) is 5.29. The summed E-state index contributed by atoms with van der Waals surface area (Å²) in [5.74, 6) is 1.14. The number of carbonyl (C=O) groups excluding carboxylic acids is 1. The van der Waals surface area contributed by atoms with Crippen molar-refractivity contribution in [1.82, 2.24) is 15.1 Å². The lowest BCUT2D eigenvalue weighted by molar-refractivity contribution is 0.103. The summed E-state index contributed by atoms with van der Waals surface area (Å²) in [5, 5.41) is 6.89.